The van der Waals surface area contributed by atoms with Crippen LogP contribution in [0.15, 0.2) is 53.9 Å². The summed E-state index contributed by atoms with van der Waals surface area (Å²) in [7, 11) is 0. The number of thioether (sulfide) groups is 1. The van der Waals surface area contributed by atoms with Crippen LogP contribution in [0, 0.1) is 0 Å². The average Bonchev–Trinajstić information content (AvgIpc) is 2.37. The van der Waals surface area contributed by atoms with Crippen LogP contribution in [0.25, 0.3) is 10.8 Å². The summed E-state index contributed by atoms with van der Waals surface area (Å²) in [6.45, 7) is 3.66. The maximum Gasteiger partial charge on any atom is 0.341 e. The van der Waals surface area contributed by atoms with E-state index in [0.29, 0.717) is 5.56 Å². The largest absolute Gasteiger partial charge is 0.443 e. The molecule has 0 radical (unpaired) electrons. The summed E-state index contributed by atoms with van der Waals surface area (Å²) in [4.78, 5) is 12.9. The van der Waals surface area contributed by atoms with Crippen LogP contribution in [0.4, 0.5) is 0 Å². The van der Waals surface area contributed by atoms with Gasteiger partial charge in [-0.2, -0.15) is 0 Å². The van der Waals surface area contributed by atoms with Crippen molar-refractivity contribution in [3.8, 4) is 0 Å². The van der Waals surface area contributed by atoms with Crippen LogP contribution in [0.3, 0.4) is 0 Å². The second-order valence-corrected chi connectivity index (χ2v) is 4.93. The van der Waals surface area contributed by atoms with E-state index in [1.807, 2.05) is 36.4 Å². The van der Waals surface area contributed by atoms with Crippen LogP contribution in [0.5, 0.6) is 0 Å². The van der Waals surface area contributed by atoms with Gasteiger partial charge < -0.3 is 4.74 Å². The maximum atomic E-state index is 12.0. The molecule has 17 heavy (non-hydrogen) atoms. The van der Waals surface area contributed by atoms with Crippen LogP contribution >= 0.6 is 11.8 Å². The van der Waals surface area contributed by atoms with Crippen LogP contribution in [0.2, 0.25) is 0 Å². The first-order valence-electron chi connectivity index (χ1n) is 5.31. The van der Waals surface area contributed by atoms with Gasteiger partial charge >= 0.3 is 5.97 Å². The lowest BCUT2D eigenvalue weighted by Crippen LogP contribution is -2.19. The van der Waals surface area contributed by atoms with Crippen molar-refractivity contribution in [3.63, 3.8) is 0 Å². The van der Waals surface area contributed by atoms with Crippen LogP contribution in [-0.4, -0.2) is 11.4 Å². The van der Waals surface area contributed by atoms with Gasteiger partial charge in [0.05, 0.1) is 5.56 Å². The van der Waals surface area contributed by atoms with Gasteiger partial charge in [0.25, 0.3) is 0 Å². The highest BCUT2D eigenvalue weighted by Gasteiger charge is 2.26. The Morgan fingerprint density at radius 2 is 2.06 bits per heavy atom. The van der Waals surface area contributed by atoms with Crippen LogP contribution in [0.1, 0.15) is 10.4 Å². The molecule has 0 saturated carbocycles. The number of cyclic esters (lactones) is 1. The van der Waals surface area contributed by atoms with Crippen molar-refractivity contribution >= 4 is 28.5 Å². The molecule has 1 heterocycles. The van der Waals surface area contributed by atoms with Gasteiger partial charge in [0.2, 0.25) is 0 Å². The smallest absolute Gasteiger partial charge is 0.341 e. The minimum atomic E-state index is -0.281. The molecule has 0 amide bonds. The Bertz CT molecular complexity index is 619. The van der Waals surface area contributed by atoms with E-state index in [0.717, 1.165) is 15.7 Å². The number of rotatable bonds is 1. The van der Waals surface area contributed by atoms with Gasteiger partial charge in [-0.15, -0.1) is 0 Å². The number of benzene rings is 2. The summed E-state index contributed by atoms with van der Waals surface area (Å²) in [5.74, 6) is -0.263. The van der Waals surface area contributed by atoms with E-state index in [1.165, 1.54) is 11.8 Å². The molecule has 1 atom stereocenters. The molecule has 0 aromatic heterocycles. The van der Waals surface area contributed by atoms with Crippen molar-refractivity contribution in [1.82, 2.24) is 0 Å². The van der Waals surface area contributed by atoms with Crippen molar-refractivity contribution in [2.75, 3.05) is 0 Å². The van der Waals surface area contributed by atoms with Gasteiger partial charge in [-0.1, -0.05) is 48.7 Å². The number of esters is 1. The molecular weight excluding hydrogens is 232 g/mol. The van der Waals surface area contributed by atoms with E-state index in [2.05, 4.69) is 6.58 Å². The Balaban J connectivity index is 2.27. The predicted octanol–water partition coefficient (Wildman–Crippen LogP) is 3.61. The Kier molecular flexibility index (Phi) is 2.41. The fourth-order valence-electron chi connectivity index (χ4n) is 1.97. The van der Waals surface area contributed by atoms with Crippen LogP contribution < -0.4 is 0 Å². The van der Waals surface area contributed by atoms with E-state index in [-0.39, 0.29) is 11.4 Å². The Hall–Kier alpha value is -1.74. The molecule has 84 valence electrons. The summed E-state index contributed by atoms with van der Waals surface area (Å²) in [5, 5.41) is 2.01. The fraction of sp³-hybridized carbons (Fsp3) is 0.0714. The Morgan fingerprint density at radius 1 is 1.24 bits per heavy atom. The number of ether oxygens (including phenoxy) is 1. The minimum absolute atomic E-state index is 0.263. The summed E-state index contributed by atoms with van der Waals surface area (Å²) in [5.41, 5.74) is 0.391. The summed E-state index contributed by atoms with van der Waals surface area (Å²) >= 11 is 1.51. The molecule has 1 aliphatic heterocycles. The summed E-state index contributed by atoms with van der Waals surface area (Å²) in [6, 6.07) is 11.8. The lowest BCUT2D eigenvalue weighted by Gasteiger charge is -2.22. The zero-order valence-corrected chi connectivity index (χ0v) is 9.87. The van der Waals surface area contributed by atoms with E-state index in [4.69, 9.17) is 4.74 Å². The molecule has 0 saturated heterocycles. The number of fused-ring (bicyclic) bond motifs is 3. The first kappa shape index (κ1) is 10.4. The second-order valence-electron chi connectivity index (χ2n) is 3.79. The molecule has 0 N–H and O–H groups in total. The monoisotopic (exact) mass is 242 g/mol. The third-order valence-electron chi connectivity index (χ3n) is 2.75. The molecule has 0 spiro atoms. The molecule has 2 nitrogen and oxygen atoms in total. The van der Waals surface area contributed by atoms with Gasteiger partial charge in [0, 0.05) is 4.90 Å². The van der Waals surface area contributed by atoms with Gasteiger partial charge in [0.1, 0.15) is 0 Å². The van der Waals surface area contributed by atoms with Gasteiger partial charge in [-0.25, -0.2) is 4.79 Å². The Labute approximate surface area is 103 Å². The van der Waals surface area contributed by atoms with Gasteiger partial charge in [0.15, 0.2) is 5.44 Å². The summed E-state index contributed by atoms with van der Waals surface area (Å²) in [6.07, 6.45) is 1.64. The first-order chi connectivity index (χ1) is 8.29. The highest BCUT2D eigenvalue weighted by molar-refractivity contribution is 8.00. The quantitative estimate of drug-likeness (QED) is 0.564. The fourth-order valence-corrected chi connectivity index (χ4v) is 2.91. The summed E-state index contributed by atoms with van der Waals surface area (Å²) < 4.78 is 5.28. The molecule has 2 aromatic carbocycles. The first-order valence-corrected chi connectivity index (χ1v) is 6.19. The molecule has 0 bridgehead atoms. The third kappa shape index (κ3) is 1.63. The lowest BCUT2D eigenvalue weighted by molar-refractivity contribution is 0.0499. The van der Waals surface area contributed by atoms with Crippen molar-refractivity contribution in [1.29, 1.82) is 0 Å². The van der Waals surface area contributed by atoms with Crippen molar-refractivity contribution in [2.24, 2.45) is 0 Å². The van der Waals surface area contributed by atoms with Gasteiger partial charge in [-0.05, 0) is 22.9 Å². The lowest BCUT2D eigenvalue weighted by atomic mass is 10.0. The highest BCUT2D eigenvalue weighted by atomic mass is 32.2. The van der Waals surface area contributed by atoms with Crippen LogP contribution in [-0.2, 0) is 4.74 Å². The predicted molar refractivity (Wildman–Crippen MR) is 69.2 cm³/mol. The normalized spacial score (nSPS) is 18.6. The topological polar surface area (TPSA) is 26.3 Å². The van der Waals surface area contributed by atoms with Crippen molar-refractivity contribution in [3.05, 3.63) is 54.6 Å². The number of carbonyl (C=O) groups is 1. The van der Waals surface area contributed by atoms with E-state index < -0.39 is 0 Å². The number of hydrogen-bond donors (Lipinski definition) is 0. The zero-order chi connectivity index (χ0) is 11.8. The highest BCUT2D eigenvalue weighted by Crippen LogP contribution is 2.37. The third-order valence-corrected chi connectivity index (χ3v) is 3.87. The maximum absolute atomic E-state index is 12.0. The van der Waals surface area contributed by atoms with Crippen molar-refractivity contribution < 1.29 is 9.53 Å². The molecule has 0 aliphatic carbocycles. The molecule has 3 rings (SSSR count). The molecular formula is C14H10O2S. The zero-order valence-electron chi connectivity index (χ0n) is 9.05. The standard InChI is InChI=1S/C14H10O2S/c1-2-12-16-14(15)13-10-6-4-3-5-9(10)7-8-11(13)17-12/h2-8,12H,1H2. The number of carbonyl (C=O) groups excluding carboxylic acids is 1. The average molecular weight is 242 g/mol. The van der Waals surface area contributed by atoms with E-state index in [9.17, 15) is 4.79 Å². The molecule has 1 unspecified atom stereocenters. The van der Waals surface area contributed by atoms with Gasteiger partial charge in [-0.3, -0.25) is 0 Å². The Morgan fingerprint density at radius 3 is 2.88 bits per heavy atom. The molecule has 0 fully saturated rings. The second kappa shape index (κ2) is 3.93. The van der Waals surface area contributed by atoms with Crippen molar-refractivity contribution in [2.45, 2.75) is 10.3 Å². The number of hydrogen-bond acceptors (Lipinski definition) is 3. The van der Waals surface area contributed by atoms with E-state index in [1.54, 1.807) is 6.08 Å². The van der Waals surface area contributed by atoms with E-state index >= 15 is 0 Å². The molecule has 1 aliphatic rings. The minimum Gasteiger partial charge on any atom is -0.443 e. The molecule has 2 aromatic rings. The SMILES string of the molecule is C=CC1OC(=O)c2c(ccc3ccccc23)S1. The molecule has 3 heteroatoms.